The molecule has 0 aromatic heterocycles. The van der Waals surface area contributed by atoms with Crippen LogP contribution in [0.25, 0.3) is 0 Å². The number of hydrogen-bond acceptors (Lipinski definition) is 2. The quantitative estimate of drug-likeness (QED) is 0.769. The van der Waals surface area contributed by atoms with Crippen molar-refractivity contribution < 1.29 is 0 Å². The van der Waals surface area contributed by atoms with Gasteiger partial charge in [-0.3, -0.25) is 0 Å². The summed E-state index contributed by atoms with van der Waals surface area (Å²) in [5.41, 5.74) is 9.33. The molecule has 1 fully saturated rings. The second kappa shape index (κ2) is 4.41. The topological polar surface area (TPSA) is 29.3 Å². The van der Waals surface area contributed by atoms with Crippen molar-refractivity contribution in [3.05, 3.63) is 22.7 Å². The van der Waals surface area contributed by atoms with Crippen LogP contribution in [-0.2, 0) is 0 Å². The molecular formula is C14H21ClN2. The number of nitrogens with zero attached hydrogens (tertiary/aromatic N) is 1. The molecule has 0 bridgehead atoms. The van der Waals surface area contributed by atoms with Crippen LogP contribution in [0.1, 0.15) is 32.3 Å². The van der Waals surface area contributed by atoms with Crippen molar-refractivity contribution in [3.63, 3.8) is 0 Å². The van der Waals surface area contributed by atoms with Gasteiger partial charge in [0, 0.05) is 18.8 Å². The number of anilines is 2. The fraction of sp³-hybridized carbons (Fsp3) is 0.571. The second-order valence-electron chi connectivity index (χ2n) is 5.85. The molecule has 3 heteroatoms. The zero-order valence-electron chi connectivity index (χ0n) is 10.9. The van der Waals surface area contributed by atoms with Crippen molar-refractivity contribution in [2.75, 3.05) is 23.7 Å². The molecule has 1 aliphatic rings. The highest BCUT2D eigenvalue weighted by atomic mass is 35.5. The summed E-state index contributed by atoms with van der Waals surface area (Å²) < 4.78 is 0. The lowest BCUT2D eigenvalue weighted by Crippen LogP contribution is -2.40. The Morgan fingerprint density at radius 2 is 2.06 bits per heavy atom. The van der Waals surface area contributed by atoms with Gasteiger partial charge in [-0.2, -0.15) is 0 Å². The Morgan fingerprint density at radius 3 is 2.71 bits per heavy atom. The highest BCUT2D eigenvalue weighted by Crippen LogP contribution is 2.35. The molecule has 0 atom stereocenters. The Labute approximate surface area is 109 Å². The maximum absolute atomic E-state index is 6.12. The molecule has 0 radical (unpaired) electrons. The van der Waals surface area contributed by atoms with E-state index in [-0.39, 0.29) is 0 Å². The van der Waals surface area contributed by atoms with Crippen molar-refractivity contribution in [2.24, 2.45) is 5.41 Å². The van der Waals surface area contributed by atoms with Gasteiger partial charge in [-0.05, 0) is 42.9 Å². The third-order valence-electron chi connectivity index (χ3n) is 3.56. The SMILES string of the molecule is Cc1cc(N)c(Cl)cc1N1CCCC(C)(C)C1. The molecule has 0 saturated carbocycles. The van der Waals surface area contributed by atoms with Crippen LogP contribution in [0.15, 0.2) is 12.1 Å². The van der Waals surface area contributed by atoms with Crippen molar-refractivity contribution >= 4 is 23.0 Å². The van der Waals surface area contributed by atoms with Gasteiger partial charge >= 0.3 is 0 Å². The van der Waals surface area contributed by atoms with Gasteiger partial charge in [0.1, 0.15) is 0 Å². The zero-order valence-corrected chi connectivity index (χ0v) is 11.6. The molecule has 2 nitrogen and oxygen atoms in total. The fourth-order valence-corrected chi connectivity index (χ4v) is 2.82. The van der Waals surface area contributed by atoms with Crippen LogP contribution in [0, 0.1) is 12.3 Å². The van der Waals surface area contributed by atoms with E-state index in [0.717, 1.165) is 13.1 Å². The summed E-state index contributed by atoms with van der Waals surface area (Å²) in [4.78, 5) is 2.43. The van der Waals surface area contributed by atoms with E-state index in [1.807, 2.05) is 12.1 Å². The lowest BCUT2D eigenvalue weighted by molar-refractivity contribution is 0.293. The van der Waals surface area contributed by atoms with Gasteiger partial charge in [0.2, 0.25) is 0 Å². The van der Waals surface area contributed by atoms with Crippen molar-refractivity contribution in [2.45, 2.75) is 33.6 Å². The molecule has 2 rings (SSSR count). The lowest BCUT2D eigenvalue weighted by Gasteiger charge is -2.40. The van der Waals surface area contributed by atoms with Gasteiger partial charge in [0.15, 0.2) is 0 Å². The van der Waals surface area contributed by atoms with Crippen LogP contribution in [0.5, 0.6) is 0 Å². The minimum atomic E-state index is 0.387. The fourth-order valence-electron chi connectivity index (χ4n) is 2.66. The summed E-state index contributed by atoms with van der Waals surface area (Å²) in [6, 6.07) is 3.98. The normalized spacial score (nSPS) is 19.4. The van der Waals surface area contributed by atoms with Gasteiger partial charge in [0.25, 0.3) is 0 Å². The molecule has 0 spiro atoms. The van der Waals surface area contributed by atoms with Crippen LogP contribution >= 0.6 is 11.6 Å². The molecule has 1 aromatic carbocycles. The van der Waals surface area contributed by atoms with Gasteiger partial charge in [-0.25, -0.2) is 0 Å². The average molecular weight is 253 g/mol. The van der Waals surface area contributed by atoms with E-state index in [0.29, 0.717) is 16.1 Å². The van der Waals surface area contributed by atoms with Gasteiger partial charge < -0.3 is 10.6 Å². The summed E-state index contributed by atoms with van der Waals surface area (Å²) in [6.45, 7) is 8.96. The van der Waals surface area contributed by atoms with Crippen molar-refractivity contribution in [3.8, 4) is 0 Å². The molecule has 1 aliphatic heterocycles. The van der Waals surface area contributed by atoms with Gasteiger partial charge in [-0.15, -0.1) is 0 Å². The number of hydrogen-bond donors (Lipinski definition) is 1. The number of nitrogens with two attached hydrogens (primary N) is 1. The number of halogens is 1. The number of aryl methyl sites for hydroxylation is 1. The predicted molar refractivity (Wildman–Crippen MR) is 75.8 cm³/mol. The summed E-state index contributed by atoms with van der Waals surface area (Å²) >= 11 is 6.12. The van der Waals surface area contributed by atoms with E-state index in [4.69, 9.17) is 17.3 Å². The molecule has 1 aromatic rings. The zero-order chi connectivity index (χ0) is 12.6. The monoisotopic (exact) mass is 252 g/mol. The number of piperidine rings is 1. The number of rotatable bonds is 1. The molecular weight excluding hydrogens is 232 g/mol. The Morgan fingerprint density at radius 1 is 1.35 bits per heavy atom. The largest absolute Gasteiger partial charge is 0.398 e. The van der Waals surface area contributed by atoms with E-state index < -0.39 is 0 Å². The van der Waals surface area contributed by atoms with Crippen molar-refractivity contribution in [1.29, 1.82) is 0 Å². The minimum absolute atomic E-state index is 0.387. The minimum Gasteiger partial charge on any atom is -0.398 e. The van der Waals surface area contributed by atoms with Crippen LogP contribution in [0.4, 0.5) is 11.4 Å². The summed E-state index contributed by atoms with van der Waals surface area (Å²) in [7, 11) is 0. The first-order valence-electron chi connectivity index (χ1n) is 6.20. The number of benzene rings is 1. The van der Waals surface area contributed by atoms with Crippen LogP contribution in [0.3, 0.4) is 0 Å². The van der Waals surface area contributed by atoms with E-state index in [1.54, 1.807) is 0 Å². The summed E-state index contributed by atoms with van der Waals surface area (Å²) in [6.07, 6.45) is 2.54. The first-order chi connectivity index (χ1) is 7.89. The first kappa shape index (κ1) is 12.6. The highest BCUT2D eigenvalue weighted by molar-refractivity contribution is 6.33. The molecule has 94 valence electrons. The third-order valence-corrected chi connectivity index (χ3v) is 3.88. The Balaban J connectivity index is 2.31. The van der Waals surface area contributed by atoms with Crippen LogP contribution < -0.4 is 10.6 Å². The predicted octanol–water partition coefficient (Wildman–Crippen LogP) is 3.86. The second-order valence-corrected chi connectivity index (χ2v) is 6.26. The summed E-state index contributed by atoms with van der Waals surface area (Å²) in [5, 5.41) is 0.661. The third kappa shape index (κ3) is 2.68. The van der Waals surface area contributed by atoms with E-state index in [2.05, 4.69) is 25.7 Å². The first-order valence-corrected chi connectivity index (χ1v) is 6.57. The molecule has 0 unspecified atom stereocenters. The highest BCUT2D eigenvalue weighted by Gasteiger charge is 2.27. The smallest absolute Gasteiger partial charge is 0.0656 e. The van der Waals surface area contributed by atoms with Crippen LogP contribution in [-0.4, -0.2) is 13.1 Å². The van der Waals surface area contributed by atoms with Gasteiger partial charge in [0.05, 0.1) is 10.7 Å². The molecule has 2 N–H and O–H groups in total. The molecule has 0 aliphatic carbocycles. The Bertz CT molecular complexity index is 426. The van der Waals surface area contributed by atoms with E-state index in [9.17, 15) is 0 Å². The average Bonchev–Trinajstić information content (AvgIpc) is 2.22. The van der Waals surface area contributed by atoms with Gasteiger partial charge in [-0.1, -0.05) is 25.4 Å². The maximum Gasteiger partial charge on any atom is 0.0656 e. The standard InChI is InChI=1S/C14H21ClN2/c1-10-7-12(16)11(15)8-13(10)17-6-4-5-14(2,3)9-17/h7-8H,4-6,9,16H2,1-3H3. The Kier molecular flexibility index (Phi) is 3.26. The maximum atomic E-state index is 6.12. The molecule has 17 heavy (non-hydrogen) atoms. The van der Waals surface area contributed by atoms with E-state index >= 15 is 0 Å². The van der Waals surface area contributed by atoms with Crippen molar-refractivity contribution in [1.82, 2.24) is 0 Å². The lowest BCUT2D eigenvalue weighted by atomic mass is 9.84. The Hall–Kier alpha value is -0.890. The number of nitrogen functional groups attached to an aromatic ring is 1. The molecule has 1 heterocycles. The van der Waals surface area contributed by atoms with E-state index in [1.165, 1.54) is 24.1 Å². The molecule has 0 amide bonds. The molecule has 1 saturated heterocycles. The van der Waals surface area contributed by atoms with Crippen LogP contribution in [0.2, 0.25) is 5.02 Å². The summed E-state index contributed by atoms with van der Waals surface area (Å²) in [5.74, 6) is 0.